The van der Waals surface area contributed by atoms with Crippen LogP contribution in [0.25, 0.3) is 0 Å². The molecule has 0 unspecified atom stereocenters. The Hall–Kier alpha value is -1.26. The standard InChI is InChI=1S/C11H20N4O/c12-11(13-6-8-2-1-3-8)14-7-10(16)15-9-4-5-9/h8-9H,1-7H2,(H,15,16)(H3,12,13,14). The summed E-state index contributed by atoms with van der Waals surface area (Å²) in [6.45, 7) is 1.03. The van der Waals surface area contributed by atoms with E-state index < -0.39 is 0 Å². The summed E-state index contributed by atoms with van der Waals surface area (Å²) in [4.78, 5) is 15.3. The van der Waals surface area contributed by atoms with Crippen molar-refractivity contribution in [1.29, 1.82) is 0 Å². The van der Waals surface area contributed by atoms with Crippen LogP contribution in [0.2, 0.25) is 0 Å². The second-order valence-electron chi connectivity index (χ2n) is 4.72. The van der Waals surface area contributed by atoms with E-state index in [0.717, 1.165) is 25.3 Å². The van der Waals surface area contributed by atoms with E-state index in [0.29, 0.717) is 12.0 Å². The van der Waals surface area contributed by atoms with Crippen molar-refractivity contribution < 1.29 is 4.79 Å². The van der Waals surface area contributed by atoms with Gasteiger partial charge in [0, 0.05) is 12.6 Å². The SMILES string of the molecule is NC(=NCC(=O)NC1CC1)NCC1CCC1. The van der Waals surface area contributed by atoms with Gasteiger partial charge >= 0.3 is 0 Å². The molecule has 4 N–H and O–H groups in total. The van der Waals surface area contributed by atoms with Crippen LogP contribution in [0.4, 0.5) is 0 Å². The summed E-state index contributed by atoms with van der Waals surface area (Å²) in [5.41, 5.74) is 5.65. The van der Waals surface area contributed by atoms with Crippen LogP contribution in [0, 0.1) is 5.92 Å². The molecule has 1 amide bonds. The number of hydrogen-bond donors (Lipinski definition) is 3. The molecule has 0 spiro atoms. The Kier molecular flexibility index (Phi) is 3.64. The number of rotatable bonds is 5. The highest BCUT2D eigenvalue weighted by molar-refractivity contribution is 5.84. The molecule has 5 nitrogen and oxygen atoms in total. The van der Waals surface area contributed by atoms with E-state index in [1.165, 1.54) is 19.3 Å². The van der Waals surface area contributed by atoms with Crippen molar-refractivity contribution in [3.63, 3.8) is 0 Å². The molecule has 2 aliphatic rings. The molecule has 0 radical (unpaired) electrons. The van der Waals surface area contributed by atoms with E-state index >= 15 is 0 Å². The Morgan fingerprint density at radius 2 is 2.06 bits per heavy atom. The van der Waals surface area contributed by atoms with Crippen molar-refractivity contribution in [2.75, 3.05) is 13.1 Å². The van der Waals surface area contributed by atoms with Crippen molar-refractivity contribution in [2.45, 2.75) is 38.1 Å². The van der Waals surface area contributed by atoms with Crippen molar-refractivity contribution in [1.82, 2.24) is 10.6 Å². The maximum absolute atomic E-state index is 11.3. The minimum absolute atomic E-state index is 0.0316. The molecule has 2 aliphatic carbocycles. The maximum atomic E-state index is 11.3. The Labute approximate surface area is 95.9 Å². The van der Waals surface area contributed by atoms with E-state index in [4.69, 9.17) is 5.73 Å². The number of nitrogens with two attached hydrogens (primary N) is 1. The van der Waals surface area contributed by atoms with E-state index in [2.05, 4.69) is 15.6 Å². The van der Waals surface area contributed by atoms with Gasteiger partial charge in [-0.1, -0.05) is 6.42 Å². The number of hydrogen-bond acceptors (Lipinski definition) is 2. The van der Waals surface area contributed by atoms with Crippen LogP contribution in [0.15, 0.2) is 4.99 Å². The first kappa shape index (κ1) is 11.2. The van der Waals surface area contributed by atoms with Crippen LogP contribution < -0.4 is 16.4 Å². The van der Waals surface area contributed by atoms with Crippen LogP contribution in [-0.2, 0) is 4.79 Å². The number of guanidine groups is 1. The smallest absolute Gasteiger partial charge is 0.242 e. The molecule has 0 aromatic heterocycles. The number of aliphatic imine (C=N–C) groups is 1. The molecular formula is C11H20N4O. The van der Waals surface area contributed by atoms with Gasteiger partial charge < -0.3 is 16.4 Å². The fraction of sp³-hybridized carbons (Fsp3) is 0.818. The van der Waals surface area contributed by atoms with Gasteiger partial charge in [0.15, 0.2) is 5.96 Å². The molecular weight excluding hydrogens is 204 g/mol. The molecule has 2 fully saturated rings. The summed E-state index contributed by atoms with van der Waals surface area (Å²) in [7, 11) is 0. The molecule has 2 saturated carbocycles. The summed E-state index contributed by atoms with van der Waals surface area (Å²) < 4.78 is 0. The number of nitrogens with zero attached hydrogens (tertiary/aromatic N) is 1. The van der Waals surface area contributed by atoms with Crippen molar-refractivity contribution in [3.8, 4) is 0 Å². The first-order chi connectivity index (χ1) is 7.74. The van der Waals surface area contributed by atoms with Crippen molar-refractivity contribution >= 4 is 11.9 Å². The van der Waals surface area contributed by atoms with Gasteiger partial charge in [-0.2, -0.15) is 0 Å². The summed E-state index contributed by atoms with van der Waals surface area (Å²) in [5, 5.41) is 5.92. The lowest BCUT2D eigenvalue weighted by molar-refractivity contribution is -0.119. The monoisotopic (exact) mass is 224 g/mol. The van der Waals surface area contributed by atoms with Gasteiger partial charge in [0.2, 0.25) is 5.91 Å². The summed E-state index contributed by atoms with van der Waals surface area (Å²) >= 11 is 0. The Balaban J connectivity index is 1.58. The number of amides is 1. The van der Waals surface area contributed by atoms with Crippen LogP contribution in [-0.4, -0.2) is 31.0 Å². The molecule has 0 aromatic carbocycles. The van der Waals surface area contributed by atoms with Gasteiger partial charge in [0.25, 0.3) is 0 Å². The Bertz CT molecular complexity index is 282. The van der Waals surface area contributed by atoms with Crippen LogP contribution >= 0.6 is 0 Å². The highest BCUT2D eigenvalue weighted by atomic mass is 16.1. The molecule has 0 aromatic rings. The Morgan fingerprint density at radius 3 is 2.62 bits per heavy atom. The zero-order valence-corrected chi connectivity index (χ0v) is 9.54. The fourth-order valence-corrected chi connectivity index (χ4v) is 1.66. The lowest BCUT2D eigenvalue weighted by Gasteiger charge is -2.25. The van der Waals surface area contributed by atoms with Gasteiger partial charge in [-0.15, -0.1) is 0 Å². The molecule has 0 heterocycles. The number of carbonyl (C=O) groups is 1. The molecule has 90 valence electrons. The van der Waals surface area contributed by atoms with E-state index in [-0.39, 0.29) is 12.5 Å². The minimum atomic E-state index is -0.0316. The molecule has 5 heteroatoms. The average Bonchev–Trinajstić information content (AvgIpc) is 2.96. The quantitative estimate of drug-likeness (QED) is 0.453. The largest absolute Gasteiger partial charge is 0.370 e. The fourth-order valence-electron chi connectivity index (χ4n) is 1.66. The maximum Gasteiger partial charge on any atom is 0.242 e. The number of carbonyl (C=O) groups excluding carboxylic acids is 1. The van der Waals surface area contributed by atoms with Crippen molar-refractivity contribution in [2.24, 2.45) is 16.6 Å². The Morgan fingerprint density at radius 1 is 1.31 bits per heavy atom. The van der Waals surface area contributed by atoms with Gasteiger partial charge in [-0.05, 0) is 31.6 Å². The minimum Gasteiger partial charge on any atom is -0.370 e. The molecule has 2 rings (SSSR count). The lowest BCUT2D eigenvalue weighted by Crippen LogP contribution is -2.38. The number of nitrogens with one attached hydrogen (secondary N) is 2. The van der Waals surface area contributed by atoms with Crippen molar-refractivity contribution in [3.05, 3.63) is 0 Å². The van der Waals surface area contributed by atoms with Crippen LogP contribution in [0.1, 0.15) is 32.1 Å². The zero-order valence-electron chi connectivity index (χ0n) is 9.54. The summed E-state index contributed by atoms with van der Waals surface area (Å²) in [6, 6.07) is 0.395. The van der Waals surface area contributed by atoms with Gasteiger partial charge in [0.05, 0.1) is 0 Å². The molecule has 0 atom stereocenters. The highest BCUT2D eigenvalue weighted by Crippen LogP contribution is 2.24. The normalized spacial score (nSPS) is 21.4. The van der Waals surface area contributed by atoms with E-state index in [1.807, 2.05) is 0 Å². The van der Waals surface area contributed by atoms with Crippen LogP contribution in [0.5, 0.6) is 0 Å². The second kappa shape index (κ2) is 5.18. The topological polar surface area (TPSA) is 79.5 Å². The van der Waals surface area contributed by atoms with Gasteiger partial charge in [-0.3, -0.25) is 4.79 Å². The van der Waals surface area contributed by atoms with E-state index in [9.17, 15) is 4.79 Å². The third-order valence-electron chi connectivity index (χ3n) is 3.13. The zero-order chi connectivity index (χ0) is 11.4. The summed E-state index contributed by atoms with van der Waals surface area (Å²) in [5.74, 6) is 1.10. The van der Waals surface area contributed by atoms with Gasteiger partial charge in [-0.25, -0.2) is 4.99 Å². The second-order valence-corrected chi connectivity index (χ2v) is 4.72. The predicted molar refractivity (Wildman–Crippen MR) is 63.0 cm³/mol. The third kappa shape index (κ3) is 3.72. The lowest BCUT2D eigenvalue weighted by atomic mass is 9.85. The molecule has 16 heavy (non-hydrogen) atoms. The first-order valence-electron chi connectivity index (χ1n) is 6.07. The van der Waals surface area contributed by atoms with E-state index in [1.54, 1.807) is 0 Å². The molecule has 0 bridgehead atoms. The molecule has 0 saturated heterocycles. The highest BCUT2D eigenvalue weighted by Gasteiger charge is 2.22. The molecule has 0 aliphatic heterocycles. The van der Waals surface area contributed by atoms with Gasteiger partial charge in [0.1, 0.15) is 6.54 Å². The first-order valence-corrected chi connectivity index (χ1v) is 6.07. The summed E-state index contributed by atoms with van der Waals surface area (Å²) in [6.07, 6.45) is 6.09. The predicted octanol–water partition coefficient (Wildman–Crippen LogP) is -0.0306. The third-order valence-corrected chi connectivity index (χ3v) is 3.13. The van der Waals surface area contributed by atoms with Crippen LogP contribution in [0.3, 0.4) is 0 Å². The average molecular weight is 224 g/mol.